The number of hydrogen-bond acceptors (Lipinski definition) is 1. The van der Waals surface area contributed by atoms with Crippen LogP contribution in [0, 0.1) is 5.92 Å². The number of rotatable bonds is 1. The predicted molar refractivity (Wildman–Crippen MR) is 45.4 cm³/mol. The van der Waals surface area contributed by atoms with Gasteiger partial charge in [0, 0.05) is 18.5 Å². The smallest absolute Gasteiger partial charge is 0.127 e. The van der Waals surface area contributed by atoms with Crippen LogP contribution < -0.4 is 5.32 Å². The SMILES string of the molecule is CC(C)C1(F)CNC(C)(C)C1. The van der Waals surface area contributed by atoms with Gasteiger partial charge in [-0.05, 0) is 19.8 Å². The maximum atomic E-state index is 13.9. The minimum Gasteiger partial charge on any atom is -0.308 e. The first-order chi connectivity index (χ1) is 4.86. The Morgan fingerprint density at radius 2 is 1.91 bits per heavy atom. The summed E-state index contributed by atoms with van der Waals surface area (Å²) in [7, 11) is 0. The van der Waals surface area contributed by atoms with Crippen LogP contribution in [0.15, 0.2) is 0 Å². The molecule has 0 aromatic rings. The van der Waals surface area contributed by atoms with Crippen LogP contribution in [0.5, 0.6) is 0 Å². The third-order valence-corrected chi connectivity index (χ3v) is 2.63. The van der Waals surface area contributed by atoms with E-state index in [0.717, 1.165) is 0 Å². The Balaban J connectivity index is 2.65. The molecule has 0 aromatic carbocycles. The first-order valence-electron chi connectivity index (χ1n) is 4.30. The van der Waals surface area contributed by atoms with Crippen molar-refractivity contribution in [2.45, 2.75) is 45.3 Å². The highest BCUT2D eigenvalue weighted by Gasteiger charge is 2.45. The van der Waals surface area contributed by atoms with Gasteiger partial charge in [0.15, 0.2) is 0 Å². The van der Waals surface area contributed by atoms with E-state index in [4.69, 9.17) is 0 Å². The Kier molecular flexibility index (Phi) is 1.99. The van der Waals surface area contributed by atoms with Gasteiger partial charge in [-0.15, -0.1) is 0 Å². The minimum absolute atomic E-state index is 0.0149. The van der Waals surface area contributed by atoms with E-state index >= 15 is 0 Å². The fraction of sp³-hybridized carbons (Fsp3) is 1.00. The molecule has 1 nitrogen and oxygen atoms in total. The molecule has 1 saturated heterocycles. The molecule has 66 valence electrons. The highest BCUT2D eigenvalue weighted by Crippen LogP contribution is 2.36. The van der Waals surface area contributed by atoms with Crippen molar-refractivity contribution in [2.24, 2.45) is 5.92 Å². The van der Waals surface area contributed by atoms with Crippen LogP contribution in [0.25, 0.3) is 0 Å². The topological polar surface area (TPSA) is 12.0 Å². The summed E-state index contributed by atoms with van der Waals surface area (Å²) in [6, 6.07) is 0. The second-order valence-electron chi connectivity index (χ2n) is 4.60. The van der Waals surface area contributed by atoms with E-state index in [-0.39, 0.29) is 11.5 Å². The van der Waals surface area contributed by atoms with Crippen molar-refractivity contribution in [3.63, 3.8) is 0 Å². The number of alkyl halides is 1. The fourth-order valence-electron chi connectivity index (χ4n) is 1.65. The van der Waals surface area contributed by atoms with Gasteiger partial charge in [-0.2, -0.15) is 0 Å². The van der Waals surface area contributed by atoms with Gasteiger partial charge in [-0.3, -0.25) is 0 Å². The van der Waals surface area contributed by atoms with Crippen molar-refractivity contribution >= 4 is 0 Å². The number of hydrogen-bond donors (Lipinski definition) is 1. The van der Waals surface area contributed by atoms with Crippen molar-refractivity contribution < 1.29 is 4.39 Å². The summed E-state index contributed by atoms with van der Waals surface area (Å²) in [5, 5.41) is 3.19. The van der Waals surface area contributed by atoms with Crippen molar-refractivity contribution in [3.05, 3.63) is 0 Å². The normalized spacial score (nSPS) is 36.5. The minimum atomic E-state index is -0.983. The highest BCUT2D eigenvalue weighted by atomic mass is 19.1. The lowest BCUT2D eigenvalue weighted by atomic mass is 9.86. The largest absolute Gasteiger partial charge is 0.308 e. The van der Waals surface area contributed by atoms with Crippen LogP contribution in [-0.2, 0) is 0 Å². The summed E-state index contributed by atoms with van der Waals surface area (Å²) in [5.74, 6) is 0.122. The van der Waals surface area contributed by atoms with Crippen LogP contribution in [0.3, 0.4) is 0 Å². The van der Waals surface area contributed by atoms with Crippen LogP contribution in [0.1, 0.15) is 34.1 Å². The molecule has 1 unspecified atom stereocenters. The van der Waals surface area contributed by atoms with E-state index in [1.807, 2.05) is 13.8 Å². The van der Waals surface area contributed by atoms with Crippen LogP contribution in [0.2, 0.25) is 0 Å². The molecule has 1 aliphatic rings. The Hall–Kier alpha value is -0.110. The van der Waals surface area contributed by atoms with E-state index in [1.165, 1.54) is 0 Å². The van der Waals surface area contributed by atoms with Gasteiger partial charge in [-0.1, -0.05) is 13.8 Å². The quantitative estimate of drug-likeness (QED) is 0.618. The molecule has 0 saturated carbocycles. The van der Waals surface area contributed by atoms with E-state index in [2.05, 4.69) is 19.2 Å². The lowest BCUT2D eigenvalue weighted by molar-refractivity contribution is 0.117. The Morgan fingerprint density at radius 1 is 1.36 bits per heavy atom. The predicted octanol–water partition coefficient (Wildman–Crippen LogP) is 2.12. The molecule has 0 spiro atoms. The maximum absolute atomic E-state index is 13.9. The van der Waals surface area contributed by atoms with Gasteiger partial charge in [-0.25, -0.2) is 4.39 Å². The van der Waals surface area contributed by atoms with E-state index in [9.17, 15) is 4.39 Å². The van der Waals surface area contributed by atoms with E-state index in [1.54, 1.807) is 0 Å². The Labute approximate surface area is 68.4 Å². The average molecular weight is 159 g/mol. The molecule has 0 aliphatic carbocycles. The first-order valence-corrected chi connectivity index (χ1v) is 4.30. The lowest BCUT2D eigenvalue weighted by Crippen LogP contribution is -2.32. The van der Waals surface area contributed by atoms with Crippen molar-refractivity contribution in [3.8, 4) is 0 Å². The molecule has 0 radical (unpaired) electrons. The van der Waals surface area contributed by atoms with E-state index < -0.39 is 5.67 Å². The summed E-state index contributed by atoms with van der Waals surface area (Å²) in [6.45, 7) is 8.51. The molecule has 1 rings (SSSR count). The Morgan fingerprint density at radius 3 is 2.09 bits per heavy atom. The molecule has 1 N–H and O–H groups in total. The molecule has 0 amide bonds. The van der Waals surface area contributed by atoms with Gasteiger partial charge in [0.2, 0.25) is 0 Å². The molecule has 0 aromatic heterocycles. The molecule has 0 bridgehead atoms. The van der Waals surface area contributed by atoms with Crippen molar-refractivity contribution in [1.29, 1.82) is 0 Å². The first kappa shape index (κ1) is 8.98. The van der Waals surface area contributed by atoms with Crippen LogP contribution >= 0.6 is 0 Å². The number of halogens is 1. The summed E-state index contributed by atoms with van der Waals surface area (Å²) in [5.41, 5.74) is -0.998. The third kappa shape index (κ3) is 1.73. The van der Waals surface area contributed by atoms with Gasteiger partial charge >= 0.3 is 0 Å². The highest BCUT2D eigenvalue weighted by molar-refractivity contribution is 5.01. The summed E-state index contributed by atoms with van der Waals surface area (Å²) < 4.78 is 13.9. The third-order valence-electron chi connectivity index (χ3n) is 2.63. The van der Waals surface area contributed by atoms with Crippen LogP contribution in [-0.4, -0.2) is 17.8 Å². The molecule has 1 aliphatic heterocycles. The van der Waals surface area contributed by atoms with Crippen molar-refractivity contribution in [2.75, 3.05) is 6.54 Å². The monoisotopic (exact) mass is 159 g/mol. The molecular formula is C9H18FN. The van der Waals surface area contributed by atoms with Gasteiger partial charge in [0.05, 0.1) is 0 Å². The summed E-state index contributed by atoms with van der Waals surface area (Å²) in [4.78, 5) is 0. The zero-order valence-electron chi connectivity index (χ0n) is 7.87. The maximum Gasteiger partial charge on any atom is 0.127 e. The Bertz CT molecular complexity index is 154. The second-order valence-corrected chi connectivity index (χ2v) is 4.60. The second kappa shape index (κ2) is 2.44. The standard InChI is InChI=1S/C9H18FN/c1-7(2)9(10)5-8(3,4)11-6-9/h7,11H,5-6H2,1-4H3. The lowest BCUT2D eigenvalue weighted by Gasteiger charge is -2.24. The molecular weight excluding hydrogens is 141 g/mol. The molecule has 11 heavy (non-hydrogen) atoms. The number of nitrogens with one attached hydrogen (secondary N) is 1. The van der Waals surface area contributed by atoms with E-state index in [0.29, 0.717) is 13.0 Å². The zero-order chi connectivity index (χ0) is 8.70. The fourth-order valence-corrected chi connectivity index (χ4v) is 1.65. The van der Waals surface area contributed by atoms with Gasteiger partial charge in [0.25, 0.3) is 0 Å². The summed E-state index contributed by atoms with van der Waals surface area (Å²) in [6.07, 6.45) is 0.637. The van der Waals surface area contributed by atoms with Crippen LogP contribution in [0.4, 0.5) is 4.39 Å². The zero-order valence-corrected chi connectivity index (χ0v) is 7.87. The summed E-state index contributed by atoms with van der Waals surface area (Å²) >= 11 is 0. The van der Waals surface area contributed by atoms with Gasteiger partial charge < -0.3 is 5.32 Å². The van der Waals surface area contributed by atoms with Gasteiger partial charge in [0.1, 0.15) is 5.67 Å². The molecule has 2 heteroatoms. The molecule has 1 fully saturated rings. The van der Waals surface area contributed by atoms with Crippen molar-refractivity contribution in [1.82, 2.24) is 5.32 Å². The average Bonchev–Trinajstić information content (AvgIpc) is 2.08. The molecule has 1 atom stereocenters. The molecule has 1 heterocycles.